The largest absolute Gasteiger partial charge is 0.349 e. The maximum absolute atomic E-state index is 5.34. The highest BCUT2D eigenvalue weighted by Gasteiger charge is 2.18. The predicted octanol–water partition coefficient (Wildman–Crippen LogP) is 3.81. The van der Waals surface area contributed by atoms with Gasteiger partial charge in [0.1, 0.15) is 5.82 Å². The van der Waals surface area contributed by atoms with Gasteiger partial charge in [0.25, 0.3) is 0 Å². The number of aryl methyl sites for hydroxylation is 1. The summed E-state index contributed by atoms with van der Waals surface area (Å²) in [5.41, 5.74) is 4.24. The number of benzene rings is 2. The van der Waals surface area contributed by atoms with E-state index in [-0.39, 0.29) is 0 Å². The second kappa shape index (κ2) is 10.3. The van der Waals surface area contributed by atoms with Crippen LogP contribution in [0.3, 0.4) is 0 Å². The number of nitrogens with zero attached hydrogens (tertiary/aromatic N) is 6. The van der Waals surface area contributed by atoms with Crippen molar-refractivity contribution in [2.75, 3.05) is 14.2 Å². The van der Waals surface area contributed by atoms with Gasteiger partial charge in [0.2, 0.25) is 12.1 Å². The quantitative estimate of drug-likeness (QED) is 0.379. The summed E-state index contributed by atoms with van der Waals surface area (Å²) in [4.78, 5) is 4.67. The van der Waals surface area contributed by atoms with Crippen molar-refractivity contribution in [3.63, 3.8) is 0 Å². The van der Waals surface area contributed by atoms with Crippen molar-refractivity contribution in [2.45, 2.75) is 39.0 Å². The number of unbranched alkanes of at least 4 members (excludes halogenated alkanes) is 1. The van der Waals surface area contributed by atoms with Gasteiger partial charge >= 0.3 is 0 Å². The number of rotatable bonds is 10. The van der Waals surface area contributed by atoms with Gasteiger partial charge in [-0.1, -0.05) is 61.9 Å². The Hall–Kier alpha value is -3.43. The van der Waals surface area contributed by atoms with E-state index >= 15 is 0 Å². The second-order valence-corrected chi connectivity index (χ2v) is 7.44. The fraction of sp³-hybridized carbons (Fsp3) is 0.348. The normalized spacial score (nSPS) is 11.4. The van der Waals surface area contributed by atoms with E-state index < -0.39 is 6.29 Å². The van der Waals surface area contributed by atoms with E-state index in [0.29, 0.717) is 18.2 Å². The number of methoxy groups -OCH3 is 2. The number of aromatic amines is 1. The third-order valence-corrected chi connectivity index (χ3v) is 5.28. The minimum Gasteiger partial charge on any atom is -0.349 e. The number of tetrazole rings is 1. The molecule has 0 aliphatic heterocycles. The number of hydrogen-bond donors (Lipinski definition) is 1. The molecule has 2 heterocycles. The Kier molecular flexibility index (Phi) is 6.98. The first-order chi connectivity index (χ1) is 15.7. The third kappa shape index (κ3) is 4.74. The number of hydrogen-bond acceptors (Lipinski definition) is 7. The minimum absolute atomic E-state index is 0.548. The zero-order valence-corrected chi connectivity index (χ0v) is 18.5. The molecular weight excluding hydrogens is 406 g/mol. The van der Waals surface area contributed by atoms with Gasteiger partial charge < -0.3 is 9.47 Å². The van der Waals surface area contributed by atoms with Crippen molar-refractivity contribution in [1.29, 1.82) is 0 Å². The first kappa shape index (κ1) is 21.8. The van der Waals surface area contributed by atoms with Crippen LogP contribution in [0.5, 0.6) is 0 Å². The molecule has 4 rings (SSSR count). The average molecular weight is 434 g/mol. The molecule has 9 heteroatoms. The summed E-state index contributed by atoms with van der Waals surface area (Å²) < 4.78 is 12.6. The molecule has 0 aliphatic carbocycles. The highest BCUT2D eigenvalue weighted by atomic mass is 16.7. The van der Waals surface area contributed by atoms with Gasteiger partial charge in [-0.3, -0.25) is 0 Å². The van der Waals surface area contributed by atoms with Crippen LogP contribution in [0.2, 0.25) is 0 Å². The number of nitrogens with one attached hydrogen (secondary N) is 1. The molecule has 0 amide bonds. The van der Waals surface area contributed by atoms with Crippen LogP contribution in [0.1, 0.15) is 43.3 Å². The van der Waals surface area contributed by atoms with E-state index in [2.05, 4.69) is 68.0 Å². The van der Waals surface area contributed by atoms with Crippen molar-refractivity contribution < 1.29 is 9.47 Å². The summed E-state index contributed by atoms with van der Waals surface area (Å²) in [6.07, 6.45) is 2.44. The van der Waals surface area contributed by atoms with Crippen LogP contribution in [-0.4, -0.2) is 49.6 Å². The van der Waals surface area contributed by atoms with Crippen molar-refractivity contribution in [3.05, 3.63) is 65.7 Å². The summed E-state index contributed by atoms with van der Waals surface area (Å²) in [5.74, 6) is 2.13. The Morgan fingerprint density at radius 1 is 1.00 bits per heavy atom. The molecule has 0 saturated heterocycles. The summed E-state index contributed by atoms with van der Waals surface area (Å²) in [6, 6.07) is 16.5. The fourth-order valence-electron chi connectivity index (χ4n) is 3.62. The van der Waals surface area contributed by atoms with Gasteiger partial charge in [-0.05, 0) is 33.5 Å². The smallest absolute Gasteiger partial charge is 0.220 e. The predicted molar refractivity (Wildman–Crippen MR) is 120 cm³/mol. The molecule has 4 aromatic rings. The topological polar surface area (TPSA) is 104 Å². The summed E-state index contributed by atoms with van der Waals surface area (Å²) >= 11 is 0. The highest BCUT2D eigenvalue weighted by molar-refractivity contribution is 5.80. The van der Waals surface area contributed by atoms with Crippen LogP contribution in [-0.2, 0) is 22.4 Å². The van der Waals surface area contributed by atoms with Crippen LogP contribution >= 0.6 is 0 Å². The first-order valence-electron chi connectivity index (χ1n) is 10.6. The number of ether oxygens (including phenoxy) is 2. The molecule has 0 saturated carbocycles. The molecule has 0 radical (unpaired) electrons. The molecule has 2 aromatic heterocycles. The van der Waals surface area contributed by atoms with Gasteiger partial charge in [0.15, 0.2) is 5.82 Å². The maximum Gasteiger partial charge on any atom is 0.220 e. The van der Waals surface area contributed by atoms with Crippen molar-refractivity contribution in [1.82, 2.24) is 35.4 Å². The lowest BCUT2D eigenvalue weighted by molar-refractivity contribution is -0.111. The van der Waals surface area contributed by atoms with E-state index in [9.17, 15) is 0 Å². The van der Waals surface area contributed by atoms with Crippen LogP contribution < -0.4 is 0 Å². The lowest BCUT2D eigenvalue weighted by atomic mass is 9.98. The molecule has 32 heavy (non-hydrogen) atoms. The average Bonchev–Trinajstić information content (AvgIpc) is 3.50. The lowest BCUT2D eigenvalue weighted by Crippen LogP contribution is -2.09. The zero-order valence-electron chi connectivity index (χ0n) is 18.5. The van der Waals surface area contributed by atoms with Gasteiger partial charge in [0, 0.05) is 26.2 Å². The van der Waals surface area contributed by atoms with Crippen LogP contribution in [0.4, 0.5) is 0 Å². The molecule has 0 fully saturated rings. The van der Waals surface area contributed by atoms with Gasteiger partial charge in [-0.15, -0.1) is 5.10 Å². The number of H-pyrrole nitrogens is 1. The van der Waals surface area contributed by atoms with Crippen molar-refractivity contribution in [2.24, 2.45) is 0 Å². The second-order valence-electron chi connectivity index (χ2n) is 7.44. The molecule has 0 unspecified atom stereocenters. The maximum atomic E-state index is 5.34. The van der Waals surface area contributed by atoms with Gasteiger partial charge in [-0.2, -0.15) is 5.10 Å². The van der Waals surface area contributed by atoms with Crippen molar-refractivity contribution >= 4 is 0 Å². The van der Waals surface area contributed by atoms with E-state index in [4.69, 9.17) is 9.47 Å². The molecule has 2 aromatic carbocycles. The molecule has 1 N–H and O–H groups in total. The Morgan fingerprint density at radius 3 is 2.41 bits per heavy atom. The summed E-state index contributed by atoms with van der Waals surface area (Å²) in [6.45, 7) is 2.79. The monoisotopic (exact) mass is 433 g/mol. The SMILES string of the molecule is CCCCc1nc(C(OC)OC)nn1Cc1ccc(-c2ccccc2-c2nnn[nH]2)cc1. The Bertz CT molecular complexity index is 1120. The Balaban J connectivity index is 1.59. The van der Waals surface area contributed by atoms with E-state index in [0.717, 1.165) is 47.3 Å². The van der Waals surface area contributed by atoms with Gasteiger partial charge in [-0.25, -0.2) is 14.8 Å². The van der Waals surface area contributed by atoms with E-state index in [1.807, 2.05) is 22.9 Å². The Morgan fingerprint density at radius 2 is 1.75 bits per heavy atom. The first-order valence-corrected chi connectivity index (χ1v) is 10.6. The number of aromatic nitrogens is 7. The molecular formula is C23H27N7O2. The van der Waals surface area contributed by atoms with Crippen LogP contribution in [0, 0.1) is 0 Å². The van der Waals surface area contributed by atoms with E-state index in [1.165, 1.54) is 0 Å². The van der Waals surface area contributed by atoms with Crippen LogP contribution in [0.15, 0.2) is 48.5 Å². The molecule has 166 valence electrons. The van der Waals surface area contributed by atoms with E-state index in [1.54, 1.807) is 14.2 Å². The molecule has 0 atom stereocenters. The minimum atomic E-state index is -0.568. The summed E-state index contributed by atoms with van der Waals surface area (Å²) in [5, 5.41) is 18.9. The zero-order chi connectivity index (χ0) is 22.3. The standard InChI is InChI=1S/C23H27N7O2/c1-4-5-10-20-24-22(23(31-2)32-3)27-30(20)15-16-11-13-17(14-12-16)18-8-6-7-9-19(18)21-25-28-29-26-21/h6-9,11-14,23H,4-5,10,15H2,1-3H3,(H,25,26,28,29). The molecule has 0 aliphatic rings. The third-order valence-electron chi connectivity index (χ3n) is 5.28. The summed E-state index contributed by atoms with van der Waals surface area (Å²) in [7, 11) is 3.18. The molecule has 0 bridgehead atoms. The highest BCUT2D eigenvalue weighted by Crippen LogP contribution is 2.29. The van der Waals surface area contributed by atoms with Gasteiger partial charge in [0.05, 0.1) is 6.54 Å². The molecule has 0 spiro atoms. The molecule has 9 nitrogen and oxygen atoms in total. The Labute approximate surface area is 186 Å². The van der Waals surface area contributed by atoms with Crippen molar-refractivity contribution in [3.8, 4) is 22.5 Å². The van der Waals surface area contributed by atoms with Crippen LogP contribution in [0.25, 0.3) is 22.5 Å². The fourth-order valence-corrected chi connectivity index (χ4v) is 3.62. The lowest BCUT2D eigenvalue weighted by Gasteiger charge is -2.10.